The van der Waals surface area contributed by atoms with Crippen LogP contribution in [0.3, 0.4) is 0 Å². The van der Waals surface area contributed by atoms with Crippen molar-refractivity contribution in [1.82, 2.24) is 5.32 Å². The summed E-state index contributed by atoms with van der Waals surface area (Å²) >= 11 is 0. The molecule has 0 unspecified atom stereocenters. The number of nitrogens with one attached hydrogen (secondary N) is 1. The Hall–Kier alpha value is -2.74. The standard InChI is InChI=1S/C19H20F3NO4/c1-25-16-8-5-14(9-17(16)26-2)10-23-18(24)15-6-3-13(4-7-15)11-27-12-19(20,21)22/h3-9H,10-12H2,1-2H3,(H,23,24). The van der Waals surface area contributed by atoms with Crippen molar-refractivity contribution in [3.05, 3.63) is 59.2 Å². The molecule has 0 aliphatic rings. The van der Waals surface area contributed by atoms with Crippen LogP contribution in [0.5, 0.6) is 11.5 Å². The van der Waals surface area contributed by atoms with Gasteiger partial charge in [-0.25, -0.2) is 0 Å². The molecule has 0 saturated heterocycles. The number of hydrogen-bond acceptors (Lipinski definition) is 4. The summed E-state index contributed by atoms with van der Waals surface area (Å²) in [6, 6.07) is 11.5. The summed E-state index contributed by atoms with van der Waals surface area (Å²) in [5, 5.41) is 2.77. The maximum atomic E-state index is 12.2. The number of carbonyl (C=O) groups excluding carboxylic acids is 1. The first-order valence-corrected chi connectivity index (χ1v) is 8.05. The summed E-state index contributed by atoms with van der Waals surface area (Å²) in [5.41, 5.74) is 1.78. The summed E-state index contributed by atoms with van der Waals surface area (Å²) in [6.07, 6.45) is -4.36. The normalized spacial score (nSPS) is 11.1. The van der Waals surface area contributed by atoms with Crippen LogP contribution in [0.4, 0.5) is 13.2 Å². The van der Waals surface area contributed by atoms with Crippen LogP contribution >= 0.6 is 0 Å². The van der Waals surface area contributed by atoms with Crippen LogP contribution in [0.1, 0.15) is 21.5 Å². The smallest absolute Gasteiger partial charge is 0.411 e. The van der Waals surface area contributed by atoms with Crippen LogP contribution in [-0.4, -0.2) is 32.9 Å². The van der Waals surface area contributed by atoms with Crippen molar-refractivity contribution in [2.45, 2.75) is 19.3 Å². The highest BCUT2D eigenvalue weighted by molar-refractivity contribution is 5.94. The highest BCUT2D eigenvalue weighted by Gasteiger charge is 2.27. The van der Waals surface area contributed by atoms with Crippen LogP contribution < -0.4 is 14.8 Å². The number of benzene rings is 2. The number of rotatable bonds is 8. The van der Waals surface area contributed by atoms with Crippen LogP contribution in [-0.2, 0) is 17.9 Å². The number of carbonyl (C=O) groups is 1. The summed E-state index contributed by atoms with van der Waals surface area (Å²) in [7, 11) is 3.07. The van der Waals surface area contributed by atoms with Gasteiger partial charge in [0.1, 0.15) is 6.61 Å². The molecule has 0 radical (unpaired) electrons. The molecule has 0 spiro atoms. The Balaban J connectivity index is 1.89. The molecule has 0 aliphatic carbocycles. The maximum Gasteiger partial charge on any atom is 0.411 e. The number of methoxy groups -OCH3 is 2. The second kappa shape index (κ2) is 9.27. The van der Waals surface area contributed by atoms with E-state index in [1.807, 2.05) is 6.07 Å². The molecule has 0 fully saturated rings. The summed E-state index contributed by atoms with van der Waals surface area (Å²) in [4.78, 5) is 12.2. The van der Waals surface area contributed by atoms with Gasteiger partial charge in [-0.15, -0.1) is 0 Å². The third-order valence-electron chi connectivity index (χ3n) is 3.65. The van der Waals surface area contributed by atoms with E-state index in [2.05, 4.69) is 10.1 Å². The molecule has 27 heavy (non-hydrogen) atoms. The number of hydrogen-bond donors (Lipinski definition) is 1. The lowest BCUT2D eigenvalue weighted by Gasteiger charge is -2.11. The fraction of sp³-hybridized carbons (Fsp3) is 0.316. The fourth-order valence-corrected chi connectivity index (χ4v) is 2.31. The molecule has 146 valence electrons. The molecule has 1 N–H and O–H groups in total. The van der Waals surface area contributed by atoms with Crippen molar-refractivity contribution < 1.29 is 32.2 Å². The highest BCUT2D eigenvalue weighted by Crippen LogP contribution is 2.27. The Kier molecular flexibility index (Phi) is 7.06. The van der Waals surface area contributed by atoms with Gasteiger partial charge >= 0.3 is 6.18 Å². The predicted molar refractivity (Wildman–Crippen MR) is 92.9 cm³/mol. The molecule has 0 bridgehead atoms. The lowest BCUT2D eigenvalue weighted by molar-refractivity contribution is -0.176. The van der Waals surface area contributed by atoms with Crippen molar-refractivity contribution in [1.29, 1.82) is 0 Å². The second-order valence-electron chi connectivity index (χ2n) is 5.68. The molecule has 0 aliphatic heterocycles. The summed E-state index contributed by atoms with van der Waals surface area (Å²) < 4.78 is 51.1. The van der Waals surface area contributed by atoms with Gasteiger partial charge < -0.3 is 19.5 Å². The number of alkyl halides is 3. The summed E-state index contributed by atoms with van der Waals surface area (Å²) in [5.74, 6) is 0.857. The third kappa shape index (κ3) is 6.49. The van der Waals surface area contributed by atoms with Crippen LogP contribution in [0, 0.1) is 0 Å². The molecule has 0 atom stereocenters. The molecule has 0 saturated carbocycles. The first kappa shape index (κ1) is 20.6. The van der Waals surface area contributed by atoms with E-state index in [9.17, 15) is 18.0 Å². The summed E-state index contributed by atoms with van der Waals surface area (Å²) in [6.45, 7) is -1.19. The molecule has 2 aromatic rings. The topological polar surface area (TPSA) is 56.8 Å². The number of ether oxygens (including phenoxy) is 3. The van der Waals surface area contributed by atoms with Crippen LogP contribution in [0.25, 0.3) is 0 Å². The number of amides is 1. The molecule has 5 nitrogen and oxygen atoms in total. The largest absolute Gasteiger partial charge is 0.493 e. The molecular formula is C19H20F3NO4. The second-order valence-corrected chi connectivity index (χ2v) is 5.68. The van der Waals surface area contributed by atoms with Gasteiger partial charge in [-0.2, -0.15) is 13.2 Å². The molecule has 0 heterocycles. The average molecular weight is 383 g/mol. The van der Waals surface area contributed by atoms with Gasteiger partial charge in [0.15, 0.2) is 11.5 Å². The zero-order valence-corrected chi connectivity index (χ0v) is 14.9. The van der Waals surface area contributed by atoms with E-state index in [0.717, 1.165) is 5.56 Å². The molecule has 0 aromatic heterocycles. The molecule has 2 aromatic carbocycles. The van der Waals surface area contributed by atoms with Gasteiger partial charge in [0, 0.05) is 12.1 Å². The Labute approximate surface area is 155 Å². The van der Waals surface area contributed by atoms with Crippen molar-refractivity contribution >= 4 is 5.91 Å². The quantitative estimate of drug-likeness (QED) is 0.755. The SMILES string of the molecule is COc1ccc(CNC(=O)c2ccc(COCC(F)(F)F)cc2)cc1OC. The van der Waals surface area contributed by atoms with Crippen molar-refractivity contribution in [2.75, 3.05) is 20.8 Å². The zero-order chi connectivity index (χ0) is 19.9. The van der Waals surface area contributed by atoms with E-state index in [-0.39, 0.29) is 19.1 Å². The Bertz CT molecular complexity index is 761. The van der Waals surface area contributed by atoms with Crippen LogP contribution in [0.2, 0.25) is 0 Å². The molecular weight excluding hydrogens is 363 g/mol. The highest BCUT2D eigenvalue weighted by atomic mass is 19.4. The molecule has 1 amide bonds. The Morgan fingerprint density at radius 3 is 2.19 bits per heavy atom. The Morgan fingerprint density at radius 2 is 1.59 bits per heavy atom. The third-order valence-corrected chi connectivity index (χ3v) is 3.65. The monoisotopic (exact) mass is 383 g/mol. The maximum absolute atomic E-state index is 12.2. The minimum absolute atomic E-state index is 0.174. The zero-order valence-electron chi connectivity index (χ0n) is 14.9. The van der Waals surface area contributed by atoms with Gasteiger partial charge in [0.05, 0.1) is 20.8 Å². The van der Waals surface area contributed by atoms with Gasteiger partial charge in [-0.05, 0) is 35.4 Å². The lowest BCUT2D eigenvalue weighted by atomic mass is 10.1. The van der Waals surface area contributed by atoms with E-state index in [1.165, 1.54) is 26.4 Å². The van der Waals surface area contributed by atoms with Crippen LogP contribution in [0.15, 0.2) is 42.5 Å². The van der Waals surface area contributed by atoms with Gasteiger partial charge in [-0.3, -0.25) is 4.79 Å². The van der Waals surface area contributed by atoms with E-state index in [4.69, 9.17) is 9.47 Å². The lowest BCUT2D eigenvalue weighted by Crippen LogP contribution is -2.22. The minimum Gasteiger partial charge on any atom is -0.493 e. The molecule has 8 heteroatoms. The predicted octanol–water partition coefficient (Wildman–Crippen LogP) is 3.71. The van der Waals surface area contributed by atoms with Gasteiger partial charge in [-0.1, -0.05) is 18.2 Å². The average Bonchev–Trinajstić information content (AvgIpc) is 2.65. The van der Waals surface area contributed by atoms with E-state index in [0.29, 0.717) is 22.6 Å². The van der Waals surface area contributed by atoms with Crippen molar-refractivity contribution in [3.8, 4) is 11.5 Å². The van der Waals surface area contributed by atoms with E-state index in [1.54, 1.807) is 24.3 Å². The fourth-order valence-electron chi connectivity index (χ4n) is 2.31. The first-order chi connectivity index (χ1) is 12.8. The first-order valence-electron chi connectivity index (χ1n) is 8.05. The minimum atomic E-state index is -4.36. The Morgan fingerprint density at radius 1 is 0.963 bits per heavy atom. The van der Waals surface area contributed by atoms with Gasteiger partial charge in [0.25, 0.3) is 5.91 Å². The number of halogens is 3. The van der Waals surface area contributed by atoms with Crippen molar-refractivity contribution in [2.24, 2.45) is 0 Å². The molecule has 2 rings (SSSR count). The van der Waals surface area contributed by atoms with E-state index < -0.39 is 12.8 Å². The van der Waals surface area contributed by atoms with E-state index >= 15 is 0 Å². The van der Waals surface area contributed by atoms with Gasteiger partial charge in [0.2, 0.25) is 0 Å². The van der Waals surface area contributed by atoms with Crippen molar-refractivity contribution in [3.63, 3.8) is 0 Å².